The summed E-state index contributed by atoms with van der Waals surface area (Å²) in [5.74, 6) is 0.234. The van der Waals surface area contributed by atoms with Crippen LogP contribution in [0.15, 0.2) is 54.6 Å². The molecule has 0 spiro atoms. The summed E-state index contributed by atoms with van der Waals surface area (Å²) in [5, 5.41) is 10.2. The fraction of sp³-hybridized carbons (Fsp3) is 0.375. The Morgan fingerprint density at radius 1 is 1.03 bits per heavy atom. The number of hydrogen-bond donors (Lipinski definition) is 2. The molecule has 1 atom stereocenters. The van der Waals surface area contributed by atoms with E-state index in [4.69, 9.17) is 5.41 Å². The lowest BCUT2D eigenvalue weighted by Gasteiger charge is -2.35. The Balaban J connectivity index is 1.61. The van der Waals surface area contributed by atoms with E-state index in [1.165, 1.54) is 11.8 Å². The minimum Gasteiger partial charge on any atom is -0.341 e. The van der Waals surface area contributed by atoms with Gasteiger partial charge in [0.1, 0.15) is 6.04 Å². The van der Waals surface area contributed by atoms with Crippen LogP contribution in [0.1, 0.15) is 54.1 Å². The molecule has 3 rings (SSSR count). The Labute approximate surface area is 172 Å². The Bertz CT molecular complexity index is 838. The van der Waals surface area contributed by atoms with Gasteiger partial charge in [-0.25, -0.2) is 0 Å². The van der Waals surface area contributed by atoms with Crippen molar-refractivity contribution in [1.29, 1.82) is 5.41 Å². The second kappa shape index (κ2) is 9.50. The first kappa shape index (κ1) is 20.8. The Kier molecular flexibility index (Phi) is 6.81. The highest BCUT2D eigenvalue weighted by Crippen LogP contribution is 2.28. The normalized spacial score (nSPS) is 15.8. The lowest BCUT2D eigenvalue weighted by molar-refractivity contribution is -0.135. The van der Waals surface area contributed by atoms with Gasteiger partial charge in [-0.2, -0.15) is 0 Å². The number of carbonyl (C=O) groups is 2. The molecule has 0 saturated carbocycles. The molecular weight excluding hydrogens is 362 g/mol. The molecule has 0 aliphatic carbocycles. The fourth-order valence-electron chi connectivity index (χ4n) is 3.82. The zero-order valence-corrected chi connectivity index (χ0v) is 17.1. The summed E-state index contributed by atoms with van der Waals surface area (Å²) >= 11 is 0. The second-order valence-corrected chi connectivity index (χ2v) is 7.97. The maximum absolute atomic E-state index is 13.1. The molecule has 2 aromatic rings. The first-order valence-electron chi connectivity index (χ1n) is 10.2. The molecule has 0 aromatic heterocycles. The number of likely N-dealkylation sites (tertiary alicyclic amines) is 1. The number of amides is 2. The Morgan fingerprint density at radius 2 is 1.66 bits per heavy atom. The van der Waals surface area contributed by atoms with Crippen LogP contribution in [0.25, 0.3) is 0 Å². The lowest BCUT2D eigenvalue weighted by Crippen LogP contribution is -2.52. The number of hydrogen-bond acceptors (Lipinski definition) is 3. The molecule has 2 amide bonds. The molecule has 0 radical (unpaired) electrons. The molecule has 5 heteroatoms. The smallest absolute Gasteiger partial charge is 0.251 e. The largest absolute Gasteiger partial charge is 0.341 e. The summed E-state index contributed by atoms with van der Waals surface area (Å²) in [4.78, 5) is 27.5. The molecule has 1 heterocycles. The van der Waals surface area contributed by atoms with E-state index in [-0.39, 0.29) is 17.7 Å². The first-order chi connectivity index (χ1) is 14.0. The van der Waals surface area contributed by atoms with Crippen LogP contribution < -0.4 is 5.32 Å². The summed E-state index contributed by atoms with van der Waals surface area (Å²) in [6, 6.07) is 16.6. The number of carbonyl (C=O) groups excluding carboxylic acids is 2. The van der Waals surface area contributed by atoms with Gasteiger partial charge in [-0.05, 0) is 47.9 Å². The zero-order valence-electron chi connectivity index (χ0n) is 17.1. The van der Waals surface area contributed by atoms with Gasteiger partial charge in [0, 0.05) is 24.9 Å². The average Bonchev–Trinajstić information content (AvgIpc) is 2.77. The monoisotopic (exact) mass is 391 g/mol. The zero-order chi connectivity index (χ0) is 20.8. The van der Waals surface area contributed by atoms with Crippen molar-refractivity contribution in [1.82, 2.24) is 10.2 Å². The van der Waals surface area contributed by atoms with E-state index < -0.39 is 6.04 Å². The lowest BCUT2D eigenvalue weighted by atomic mass is 9.88. The number of nitrogens with zero attached hydrogens (tertiary/aromatic N) is 1. The van der Waals surface area contributed by atoms with Crippen LogP contribution in [0.3, 0.4) is 0 Å². The van der Waals surface area contributed by atoms with Gasteiger partial charge in [0.05, 0.1) is 0 Å². The summed E-state index contributed by atoms with van der Waals surface area (Å²) < 4.78 is 0. The molecule has 0 unspecified atom stereocenters. The van der Waals surface area contributed by atoms with Crippen molar-refractivity contribution < 1.29 is 9.59 Å². The first-order valence-corrected chi connectivity index (χ1v) is 10.2. The van der Waals surface area contributed by atoms with Gasteiger partial charge in [0.2, 0.25) is 5.91 Å². The summed E-state index contributed by atoms with van der Waals surface area (Å²) in [5.41, 5.74) is 2.73. The highest BCUT2D eigenvalue weighted by Gasteiger charge is 2.31. The van der Waals surface area contributed by atoms with Crippen molar-refractivity contribution in [3.05, 3.63) is 71.3 Å². The topological polar surface area (TPSA) is 73.3 Å². The molecule has 29 heavy (non-hydrogen) atoms. The van der Waals surface area contributed by atoms with Crippen molar-refractivity contribution in [3.63, 3.8) is 0 Å². The number of rotatable bonds is 6. The van der Waals surface area contributed by atoms with Crippen molar-refractivity contribution >= 4 is 18.0 Å². The van der Waals surface area contributed by atoms with E-state index in [9.17, 15) is 9.59 Å². The number of benzene rings is 2. The van der Waals surface area contributed by atoms with Gasteiger partial charge in [-0.15, -0.1) is 0 Å². The third-order valence-corrected chi connectivity index (χ3v) is 5.64. The third-order valence-electron chi connectivity index (χ3n) is 5.64. The maximum Gasteiger partial charge on any atom is 0.251 e. The summed E-state index contributed by atoms with van der Waals surface area (Å²) in [7, 11) is 0. The van der Waals surface area contributed by atoms with Gasteiger partial charge in [0.15, 0.2) is 0 Å². The van der Waals surface area contributed by atoms with E-state index in [2.05, 4.69) is 17.4 Å². The molecule has 2 aromatic carbocycles. The van der Waals surface area contributed by atoms with Crippen LogP contribution in [-0.4, -0.2) is 42.1 Å². The van der Waals surface area contributed by atoms with Crippen molar-refractivity contribution in [2.75, 3.05) is 13.1 Å². The molecular formula is C24H29N3O2. The maximum atomic E-state index is 13.1. The van der Waals surface area contributed by atoms with Crippen LogP contribution in [-0.2, 0) is 4.79 Å². The van der Waals surface area contributed by atoms with E-state index in [1.807, 2.05) is 49.1 Å². The Morgan fingerprint density at radius 3 is 2.21 bits per heavy atom. The third kappa shape index (κ3) is 5.11. The number of piperidine rings is 1. The molecule has 2 N–H and O–H groups in total. The van der Waals surface area contributed by atoms with Crippen LogP contribution in [0.5, 0.6) is 0 Å². The van der Waals surface area contributed by atoms with Gasteiger partial charge < -0.3 is 15.6 Å². The van der Waals surface area contributed by atoms with E-state index in [0.29, 0.717) is 24.6 Å². The van der Waals surface area contributed by atoms with Gasteiger partial charge in [0.25, 0.3) is 5.91 Å². The van der Waals surface area contributed by atoms with Crippen LogP contribution in [0.4, 0.5) is 0 Å². The summed E-state index contributed by atoms with van der Waals surface area (Å²) in [6.07, 6.45) is 3.17. The van der Waals surface area contributed by atoms with E-state index >= 15 is 0 Å². The second-order valence-electron chi connectivity index (χ2n) is 7.97. The highest BCUT2D eigenvalue weighted by molar-refractivity contribution is 5.97. The van der Waals surface area contributed by atoms with Crippen LogP contribution >= 0.6 is 0 Å². The predicted molar refractivity (Wildman–Crippen MR) is 115 cm³/mol. The quantitative estimate of drug-likeness (QED) is 0.734. The fourth-order valence-corrected chi connectivity index (χ4v) is 3.82. The van der Waals surface area contributed by atoms with Gasteiger partial charge in [-0.1, -0.05) is 56.3 Å². The van der Waals surface area contributed by atoms with Crippen molar-refractivity contribution in [2.24, 2.45) is 5.92 Å². The standard InChI is InChI=1S/C24H29N3O2/c1-17(2)22(26-23(28)21-6-4-3-5-7-21)24(29)27-14-12-20(13-15-27)19-10-8-18(16-25)9-11-19/h3-11,16-17,20,22,25H,12-15H2,1-2H3,(H,26,28)/t22-/m1/s1. The molecule has 1 saturated heterocycles. The highest BCUT2D eigenvalue weighted by atomic mass is 16.2. The molecule has 1 aliphatic heterocycles. The van der Waals surface area contributed by atoms with Crippen molar-refractivity contribution in [2.45, 2.75) is 38.6 Å². The van der Waals surface area contributed by atoms with Gasteiger partial charge in [-0.3, -0.25) is 9.59 Å². The molecule has 1 aliphatic rings. The average molecular weight is 392 g/mol. The molecule has 5 nitrogen and oxygen atoms in total. The van der Waals surface area contributed by atoms with E-state index in [1.54, 1.807) is 12.1 Å². The SMILES string of the molecule is CC(C)[C@@H](NC(=O)c1ccccc1)C(=O)N1CCC(c2ccc(C=N)cc2)CC1. The predicted octanol–water partition coefficient (Wildman–Crippen LogP) is 3.84. The van der Waals surface area contributed by atoms with Crippen LogP contribution in [0, 0.1) is 11.3 Å². The molecule has 152 valence electrons. The van der Waals surface area contributed by atoms with Gasteiger partial charge >= 0.3 is 0 Å². The number of nitrogens with one attached hydrogen (secondary N) is 2. The van der Waals surface area contributed by atoms with Crippen molar-refractivity contribution in [3.8, 4) is 0 Å². The molecule has 0 bridgehead atoms. The molecule has 1 fully saturated rings. The minimum atomic E-state index is -0.522. The van der Waals surface area contributed by atoms with Crippen LogP contribution in [0.2, 0.25) is 0 Å². The minimum absolute atomic E-state index is 0.00175. The van der Waals surface area contributed by atoms with E-state index in [0.717, 1.165) is 18.4 Å². The Hall–Kier alpha value is -2.95. The summed E-state index contributed by atoms with van der Waals surface area (Å²) in [6.45, 7) is 5.32.